The molecule has 0 aliphatic heterocycles. The molecule has 1 aromatic heterocycles. The van der Waals surface area contributed by atoms with Crippen LogP contribution in [-0.2, 0) is 0 Å². The highest BCUT2D eigenvalue weighted by molar-refractivity contribution is 9.10. The quantitative estimate of drug-likeness (QED) is 0.759. The van der Waals surface area contributed by atoms with E-state index in [2.05, 4.69) is 15.9 Å². The largest absolute Gasteiger partial charge is 0.495 e. The molecule has 0 aliphatic carbocycles. The monoisotopic (exact) mass is 338 g/mol. The highest BCUT2D eigenvalue weighted by atomic mass is 79.9. The Morgan fingerprint density at radius 1 is 1.26 bits per heavy atom. The Hall–Kier alpha value is -1.13. The van der Waals surface area contributed by atoms with Crippen molar-refractivity contribution in [3.63, 3.8) is 0 Å². The van der Waals surface area contributed by atoms with Crippen molar-refractivity contribution >= 4 is 33.0 Å². The number of ether oxygens (including phenoxy) is 1. The zero-order valence-corrected chi connectivity index (χ0v) is 13.7. The molecule has 0 aliphatic rings. The van der Waals surface area contributed by atoms with Crippen LogP contribution in [0.4, 0.5) is 0 Å². The van der Waals surface area contributed by atoms with Crippen molar-refractivity contribution in [2.24, 2.45) is 0 Å². The van der Waals surface area contributed by atoms with Crippen LogP contribution in [0.3, 0.4) is 0 Å². The third kappa shape index (κ3) is 2.47. The van der Waals surface area contributed by atoms with Crippen LogP contribution in [0.5, 0.6) is 5.75 Å². The van der Waals surface area contributed by atoms with Gasteiger partial charge in [0.2, 0.25) is 5.78 Å². The molecule has 0 spiro atoms. The Bertz CT molecular complexity index is 644. The van der Waals surface area contributed by atoms with Crippen LogP contribution < -0.4 is 4.74 Å². The number of benzene rings is 1. The van der Waals surface area contributed by atoms with Crippen LogP contribution in [0.1, 0.15) is 31.9 Å². The molecule has 0 unspecified atom stereocenters. The fraction of sp³-hybridized carbons (Fsp3) is 0.267. The molecular weight excluding hydrogens is 324 g/mol. The molecule has 0 amide bonds. The highest BCUT2D eigenvalue weighted by Crippen LogP contribution is 2.33. The van der Waals surface area contributed by atoms with Crippen molar-refractivity contribution in [2.45, 2.75) is 20.8 Å². The molecule has 1 aromatic carbocycles. The van der Waals surface area contributed by atoms with E-state index in [1.54, 1.807) is 7.11 Å². The fourth-order valence-electron chi connectivity index (χ4n) is 2.25. The number of halogens is 1. The third-order valence-corrected chi connectivity index (χ3v) is 5.27. The van der Waals surface area contributed by atoms with E-state index in [4.69, 9.17) is 4.74 Å². The van der Waals surface area contributed by atoms with E-state index in [1.807, 2.05) is 38.3 Å². The molecule has 0 radical (unpaired) electrons. The van der Waals surface area contributed by atoms with Gasteiger partial charge in [0.15, 0.2) is 0 Å². The van der Waals surface area contributed by atoms with Gasteiger partial charge in [-0.2, -0.15) is 0 Å². The number of carbonyl (C=O) groups is 1. The van der Waals surface area contributed by atoms with Gasteiger partial charge in [-0.05, 0) is 48.9 Å². The number of rotatable bonds is 3. The molecule has 2 rings (SSSR count). The molecule has 0 N–H and O–H groups in total. The minimum atomic E-state index is 0.0301. The van der Waals surface area contributed by atoms with E-state index in [9.17, 15) is 4.79 Å². The maximum atomic E-state index is 12.7. The third-order valence-electron chi connectivity index (χ3n) is 3.16. The van der Waals surface area contributed by atoms with Gasteiger partial charge in [0.1, 0.15) is 10.6 Å². The average molecular weight is 339 g/mol. The Labute approximate surface area is 125 Å². The summed E-state index contributed by atoms with van der Waals surface area (Å²) >= 11 is 4.97. The lowest BCUT2D eigenvalue weighted by Gasteiger charge is -2.13. The van der Waals surface area contributed by atoms with Crippen molar-refractivity contribution in [1.29, 1.82) is 0 Å². The lowest BCUT2D eigenvalue weighted by Crippen LogP contribution is -2.07. The predicted octanol–water partition coefficient (Wildman–Crippen LogP) is 4.68. The van der Waals surface area contributed by atoms with Crippen LogP contribution >= 0.6 is 27.3 Å². The molecule has 2 nitrogen and oxygen atoms in total. The van der Waals surface area contributed by atoms with Crippen molar-refractivity contribution < 1.29 is 9.53 Å². The number of hydrogen-bond acceptors (Lipinski definition) is 3. The molecule has 4 heteroatoms. The Morgan fingerprint density at radius 3 is 2.58 bits per heavy atom. The van der Waals surface area contributed by atoms with Crippen molar-refractivity contribution in [3.8, 4) is 5.75 Å². The van der Waals surface area contributed by atoms with E-state index >= 15 is 0 Å². The molecule has 0 saturated heterocycles. The molecule has 0 saturated carbocycles. The molecule has 0 bridgehead atoms. The first kappa shape index (κ1) is 14.3. The predicted molar refractivity (Wildman–Crippen MR) is 82.7 cm³/mol. The normalized spacial score (nSPS) is 10.6. The van der Waals surface area contributed by atoms with E-state index in [0.29, 0.717) is 10.6 Å². The van der Waals surface area contributed by atoms with E-state index in [0.717, 1.165) is 26.7 Å². The number of methoxy groups -OCH3 is 1. The summed E-state index contributed by atoms with van der Waals surface area (Å²) in [5, 5.41) is 1.87. The summed E-state index contributed by atoms with van der Waals surface area (Å²) in [6.45, 7) is 5.97. The molecule has 0 fully saturated rings. The summed E-state index contributed by atoms with van der Waals surface area (Å²) in [5.41, 5.74) is 3.89. The van der Waals surface area contributed by atoms with Gasteiger partial charge >= 0.3 is 0 Å². The zero-order valence-electron chi connectivity index (χ0n) is 11.3. The van der Waals surface area contributed by atoms with E-state index in [1.165, 1.54) is 11.3 Å². The second kappa shape index (κ2) is 5.47. The molecule has 1 heterocycles. The summed E-state index contributed by atoms with van der Waals surface area (Å²) < 4.78 is 6.24. The lowest BCUT2D eigenvalue weighted by atomic mass is 9.96. The minimum Gasteiger partial charge on any atom is -0.495 e. The van der Waals surface area contributed by atoms with Gasteiger partial charge < -0.3 is 4.74 Å². The number of thiophene rings is 1. The van der Waals surface area contributed by atoms with Crippen molar-refractivity contribution in [2.75, 3.05) is 7.11 Å². The second-order valence-corrected chi connectivity index (χ2v) is 6.18. The van der Waals surface area contributed by atoms with E-state index in [-0.39, 0.29) is 5.78 Å². The Balaban J connectivity index is 2.60. The maximum absolute atomic E-state index is 12.7. The van der Waals surface area contributed by atoms with Crippen LogP contribution in [0.2, 0.25) is 0 Å². The average Bonchev–Trinajstić information content (AvgIpc) is 2.84. The number of aryl methyl sites for hydroxylation is 2. The number of ketones is 1. The van der Waals surface area contributed by atoms with Gasteiger partial charge in [-0.1, -0.05) is 22.0 Å². The molecule has 19 heavy (non-hydrogen) atoms. The highest BCUT2D eigenvalue weighted by Gasteiger charge is 2.21. The van der Waals surface area contributed by atoms with Gasteiger partial charge in [-0.15, -0.1) is 11.3 Å². The Morgan fingerprint density at radius 2 is 1.95 bits per heavy atom. The smallest absolute Gasteiger partial charge is 0.207 e. The molecule has 2 aromatic rings. The number of hydrogen-bond donors (Lipinski definition) is 0. The minimum absolute atomic E-state index is 0.0301. The summed E-state index contributed by atoms with van der Waals surface area (Å²) in [6.07, 6.45) is 0. The summed E-state index contributed by atoms with van der Waals surface area (Å²) in [7, 11) is 1.59. The van der Waals surface area contributed by atoms with Gasteiger partial charge in [-0.3, -0.25) is 4.79 Å². The van der Waals surface area contributed by atoms with Crippen LogP contribution in [-0.4, -0.2) is 12.9 Å². The van der Waals surface area contributed by atoms with Crippen LogP contribution in [0.25, 0.3) is 0 Å². The topological polar surface area (TPSA) is 26.3 Å². The van der Waals surface area contributed by atoms with Crippen LogP contribution in [0, 0.1) is 20.8 Å². The number of carbonyl (C=O) groups excluding carboxylic acids is 1. The first-order valence-electron chi connectivity index (χ1n) is 5.89. The molecule has 100 valence electrons. The van der Waals surface area contributed by atoms with E-state index < -0.39 is 0 Å². The SMILES string of the molecule is COc1ccsc1C(=O)c1c(C)cc(C)c(Br)c1C. The van der Waals surface area contributed by atoms with Gasteiger partial charge in [-0.25, -0.2) is 0 Å². The summed E-state index contributed by atoms with van der Waals surface area (Å²) in [6, 6.07) is 3.86. The van der Waals surface area contributed by atoms with Crippen molar-refractivity contribution in [3.05, 3.63) is 49.1 Å². The van der Waals surface area contributed by atoms with Crippen LogP contribution in [0.15, 0.2) is 22.0 Å². The summed E-state index contributed by atoms with van der Waals surface area (Å²) in [5.74, 6) is 0.674. The standard InChI is InChI=1S/C15H15BrO2S/c1-8-7-9(2)13(16)10(3)12(8)14(17)15-11(18-4)5-6-19-15/h5-7H,1-4H3. The zero-order chi connectivity index (χ0) is 14.2. The first-order chi connectivity index (χ1) is 8.97. The maximum Gasteiger partial charge on any atom is 0.207 e. The first-order valence-corrected chi connectivity index (χ1v) is 7.57. The van der Waals surface area contributed by atoms with Crippen molar-refractivity contribution in [1.82, 2.24) is 0 Å². The Kier molecular flexibility index (Phi) is 4.11. The van der Waals surface area contributed by atoms with Gasteiger partial charge in [0, 0.05) is 10.0 Å². The molecular formula is C15H15BrO2S. The second-order valence-electron chi connectivity index (χ2n) is 4.47. The van der Waals surface area contributed by atoms with Gasteiger partial charge in [0.05, 0.1) is 7.11 Å². The lowest BCUT2D eigenvalue weighted by molar-refractivity contribution is 0.103. The fourth-order valence-corrected chi connectivity index (χ4v) is 3.37. The summed E-state index contributed by atoms with van der Waals surface area (Å²) in [4.78, 5) is 13.4. The van der Waals surface area contributed by atoms with Gasteiger partial charge in [0.25, 0.3) is 0 Å². The molecule has 0 atom stereocenters.